The minimum absolute atomic E-state index is 0.0386. The van der Waals surface area contributed by atoms with Gasteiger partial charge in [-0.05, 0) is 0 Å². The average Bonchev–Trinajstić information content (AvgIpc) is 2.26. The van der Waals surface area contributed by atoms with Gasteiger partial charge in [0.1, 0.15) is 0 Å². The minimum atomic E-state index is -0.449. The topological polar surface area (TPSA) is 35.5 Å². The molecule has 3 nitrogen and oxygen atoms in total. The van der Waals surface area contributed by atoms with Crippen LogP contribution in [0.4, 0.5) is 0 Å². The summed E-state index contributed by atoms with van der Waals surface area (Å²) in [6, 6.07) is 9.80. The fourth-order valence-electron chi connectivity index (χ4n) is 0.911. The molecule has 1 unspecified atom stereocenters. The van der Waals surface area contributed by atoms with Gasteiger partial charge in [-0.15, -0.1) is 0 Å². The summed E-state index contributed by atoms with van der Waals surface area (Å²) >= 11 is -0.0386. The van der Waals surface area contributed by atoms with Crippen LogP contribution in [0, 0.1) is 0 Å². The van der Waals surface area contributed by atoms with Crippen LogP contribution in [0.2, 0.25) is 0 Å². The second kappa shape index (κ2) is 5.81. The van der Waals surface area contributed by atoms with Gasteiger partial charge in [-0.1, -0.05) is 0 Å². The standard InChI is InChI=1S/C10H12O3Se/c1-12-9(11)10(13-2)14-8-6-4-3-5-7-8/h3-7,10H,1-2H3. The fourth-order valence-corrected chi connectivity index (χ4v) is 2.69. The van der Waals surface area contributed by atoms with Crippen molar-refractivity contribution in [3.8, 4) is 0 Å². The molecule has 0 fully saturated rings. The molecule has 1 aromatic carbocycles. The summed E-state index contributed by atoms with van der Waals surface area (Å²) in [5, 5.41) is -0.449. The third-order valence-electron chi connectivity index (χ3n) is 1.59. The van der Waals surface area contributed by atoms with Gasteiger partial charge < -0.3 is 0 Å². The first-order valence-corrected chi connectivity index (χ1v) is 5.95. The third-order valence-corrected chi connectivity index (χ3v) is 3.99. The summed E-state index contributed by atoms with van der Waals surface area (Å²) in [4.78, 5) is 11.2. The van der Waals surface area contributed by atoms with Crippen LogP contribution in [-0.2, 0) is 14.3 Å². The summed E-state index contributed by atoms with van der Waals surface area (Å²) < 4.78 is 10.8. The Morgan fingerprint density at radius 2 is 1.93 bits per heavy atom. The fraction of sp³-hybridized carbons (Fsp3) is 0.300. The molecule has 0 saturated heterocycles. The van der Waals surface area contributed by atoms with Crippen molar-refractivity contribution in [2.24, 2.45) is 0 Å². The number of esters is 1. The molecule has 0 amide bonds. The number of ether oxygens (including phenoxy) is 2. The van der Waals surface area contributed by atoms with E-state index in [-0.39, 0.29) is 20.9 Å². The summed E-state index contributed by atoms with van der Waals surface area (Å²) in [6.45, 7) is 0. The van der Waals surface area contributed by atoms with Crippen LogP contribution in [0.25, 0.3) is 0 Å². The Morgan fingerprint density at radius 3 is 2.43 bits per heavy atom. The summed E-state index contributed by atoms with van der Waals surface area (Å²) in [5.74, 6) is -0.309. The molecule has 0 spiro atoms. The van der Waals surface area contributed by atoms with E-state index in [0.29, 0.717) is 0 Å². The Hall–Kier alpha value is -0.831. The molecule has 4 heteroatoms. The van der Waals surface area contributed by atoms with Gasteiger partial charge in [0.15, 0.2) is 0 Å². The van der Waals surface area contributed by atoms with Crippen molar-refractivity contribution in [3.63, 3.8) is 0 Å². The number of hydrogen-bond acceptors (Lipinski definition) is 3. The van der Waals surface area contributed by atoms with Crippen LogP contribution in [0.5, 0.6) is 0 Å². The van der Waals surface area contributed by atoms with Crippen molar-refractivity contribution < 1.29 is 14.3 Å². The van der Waals surface area contributed by atoms with E-state index < -0.39 is 5.00 Å². The zero-order chi connectivity index (χ0) is 10.4. The van der Waals surface area contributed by atoms with Gasteiger partial charge in [0.05, 0.1) is 0 Å². The van der Waals surface area contributed by atoms with Crippen molar-refractivity contribution in [2.75, 3.05) is 14.2 Å². The summed E-state index contributed by atoms with van der Waals surface area (Å²) in [7, 11) is 2.89. The monoisotopic (exact) mass is 260 g/mol. The number of carbonyl (C=O) groups excluding carboxylic acids is 1. The number of rotatable bonds is 4. The first-order valence-electron chi connectivity index (χ1n) is 4.10. The SMILES string of the molecule is COC(=O)C(OC)[Se]c1ccccc1. The van der Waals surface area contributed by atoms with E-state index in [2.05, 4.69) is 4.74 Å². The van der Waals surface area contributed by atoms with Gasteiger partial charge in [0.2, 0.25) is 0 Å². The van der Waals surface area contributed by atoms with E-state index >= 15 is 0 Å². The first kappa shape index (κ1) is 11.2. The molecule has 0 aliphatic heterocycles. The van der Waals surface area contributed by atoms with Crippen molar-refractivity contribution in [2.45, 2.75) is 5.00 Å². The first-order chi connectivity index (χ1) is 6.77. The van der Waals surface area contributed by atoms with Crippen LogP contribution >= 0.6 is 0 Å². The van der Waals surface area contributed by atoms with Crippen LogP contribution < -0.4 is 4.46 Å². The van der Waals surface area contributed by atoms with Gasteiger partial charge in [-0.25, -0.2) is 0 Å². The van der Waals surface area contributed by atoms with Gasteiger partial charge in [0.25, 0.3) is 0 Å². The van der Waals surface area contributed by atoms with Crippen LogP contribution in [-0.4, -0.2) is 40.1 Å². The Kier molecular flexibility index (Phi) is 4.66. The van der Waals surface area contributed by atoms with E-state index in [0.717, 1.165) is 4.46 Å². The molecule has 76 valence electrons. The number of benzene rings is 1. The van der Waals surface area contributed by atoms with E-state index in [1.54, 1.807) is 0 Å². The molecule has 1 rings (SSSR count). The molecule has 0 bridgehead atoms. The van der Waals surface area contributed by atoms with Crippen molar-refractivity contribution in [1.29, 1.82) is 0 Å². The molecule has 0 aromatic heterocycles. The van der Waals surface area contributed by atoms with E-state index in [4.69, 9.17) is 4.74 Å². The van der Waals surface area contributed by atoms with Gasteiger partial charge >= 0.3 is 89.2 Å². The maximum absolute atomic E-state index is 11.2. The van der Waals surface area contributed by atoms with Crippen LogP contribution in [0.15, 0.2) is 30.3 Å². The number of hydrogen-bond donors (Lipinski definition) is 0. The molecule has 1 aromatic rings. The molecule has 0 aliphatic carbocycles. The Balaban J connectivity index is 2.62. The predicted molar refractivity (Wildman–Crippen MR) is 54.6 cm³/mol. The van der Waals surface area contributed by atoms with E-state index in [1.165, 1.54) is 14.2 Å². The van der Waals surface area contributed by atoms with Crippen LogP contribution in [0.1, 0.15) is 0 Å². The Labute approximate surface area is 89.6 Å². The molecule has 0 saturated carbocycles. The summed E-state index contributed by atoms with van der Waals surface area (Å²) in [6.07, 6.45) is 0. The second-order valence-electron chi connectivity index (χ2n) is 2.52. The van der Waals surface area contributed by atoms with Gasteiger partial charge in [0, 0.05) is 0 Å². The molecule has 0 radical (unpaired) electrons. The number of methoxy groups -OCH3 is 2. The zero-order valence-corrected chi connectivity index (χ0v) is 9.81. The van der Waals surface area contributed by atoms with E-state index in [1.807, 2.05) is 30.3 Å². The second-order valence-corrected chi connectivity index (χ2v) is 4.90. The van der Waals surface area contributed by atoms with Gasteiger partial charge in [-0.2, -0.15) is 0 Å². The average molecular weight is 259 g/mol. The van der Waals surface area contributed by atoms with E-state index in [9.17, 15) is 4.79 Å². The zero-order valence-electron chi connectivity index (χ0n) is 8.10. The van der Waals surface area contributed by atoms with Crippen molar-refractivity contribution in [3.05, 3.63) is 30.3 Å². The molecule has 0 heterocycles. The predicted octanol–water partition coefficient (Wildman–Crippen LogP) is 0.162. The maximum atomic E-state index is 11.2. The molecule has 1 atom stereocenters. The van der Waals surface area contributed by atoms with Crippen molar-refractivity contribution >= 4 is 25.4 Å². The Bertz CT molecular complexity index is 287. The quantitative estimate of drug-likeness (QED) is 0.571. The van der Waals surface area contributed by atoms with Gasteiger partial charge in [-0.3, -0.25) is 0 Å². The molecule has 0 aliphatic rings. The van der Waals surface area contributed by atoms with Crippen LogP contribution in [0.3, 0.4) is 0 Å². The third kappa shape index (κ3) is 3.14. The summed E-state index contributed by atoms with van der Waals surface area (Å²) in [5.41, 5.74) is 0. The Morgan fingerprint density at radius 1 is 1.29 bits per heavy atom. The van der Waals surface area contributed by atoms with Crippen molar-refractivity contribution in [1.82, 2.24) is 0 Å². The number of carbonyl (C=O) groups is 1. The molecule has 0 N–H and O–H groups in total. The normalized spacial score (nSPS) is 12.1. The molecule has 14 heavy (non-hydrogen) atoms. The molecular formula is C10H12O3Se. The molecular weight excluding hydrogens is 247 g/mol.